The van der Waals surface area contributed by atoms with Gasteiger partial charge >= 0.3 is 0 Å². The molecular weight excluding hydrogens is 458 g/mol. The number of hydrogen-bond acceptors (Lipinski definition) is 6. The topological polar surface area (TPSA) is 96.3 Å². The predicted octanol–water partition coefficient (Wildman–Crippen LogP) is 5.33. The van der Waals surface area contributed by atoms with E-state index in [0.717, 1.165) is 5.56 Å². The van der Waals surface area contributed by atoms with E-state index in [-0.39, 0.29) is 22.5 Å². The highest BCUT2D eigenvalue weighted by Crippen LogP contribution is 2.44. The van der Waals surface area contributed by atoms with Crippen LogP contribution in [-0.2, 0) is 15.0 Å². The average Bonchev–Trinajstić information content (AvgIpc) is 3.13. The van der Waals surface area contributed by atoms with E-state index >= 15 is 0 Å². The molecule has 1 aliphatic heterocycles. The summed E-state index contributed by atoms with van der Waals surface area (Å²) in [5, 5.41) is 21.6. The van der Waals surface area contributed by atoms with Gasteiger partial charge in [0, 0.05) is 22.9 Å². The van der Waals surface area contributed by atoms with E-state index in [1.807, 2.05) is 20.8 Å². The molecule has 0 saturated carbocycles. The van der Waals surface area contributed by atoms with Crippen LogP contribution in [0.1, 0.15) is 43.5 Å². The molecule has 0 bridgehead atoms. The van der Waals surface area contributed by atoms with Crippen LogP contribution in [-0.4, -0.2) is 36.1 Å². The van der Waals surface area contributed by atoms with Crippen molar-refractivity contribution < 1.29 is 29.3 Å². The maximum Gasteiger partial charge on any atom is 0.300 e. The lowest BCUT2D eigenvalue weighted by Gasteiger charge is -2.26. The molecule has 7 nitrogen and oxygen atoms in total. The second-order valence-corrected chi connectivity index (χ2v) is 9.63. The molecule has 3 aromatic rings. The van der Waals surface area contributed by atoms with E-state index in [0.29, 0.717) is 28.3 Å². The van der Waals surface area contributed by atoms with E-state index < -0.39 is 17.7 Å². The largest absolute Gasteiger partial charge is 0.508 e. The molecule has 1 atom stereocenters. The zero-order valence-electron chi connectivity index (χ0n) is 20.9. The summed E-state index contributed by atoms with van der Waals surface area (Å²) in [5.41, 5.74) is 1.74. The third-order valence-electron chi connectivity index (χ3n) is 6.24. The van der Waals surface area contributed by atoms with Crippen LogP contribution in [0.15, 0.2) is 72.3 Å². The third kappa shape index (κ3) is 4.40. The van der Waals surface area contributed by atoms with Crippen LogP contribution in [0.25, 0.3) is 5.76 Å². The van der Waals surface area contributed by atoms with Gasteiger partial charge in [0.15, 0.2) is 0 Å². The number of aromatic hydroxyl groups is 1. The molecule has 0 aliphatic carbocycles. The highest BCUT2D eigenvalue weighted by atomic mass is 16.5. The fourth-order valence-corrected chi connectivity index (χ4v) is 4.47. The Hall–Kier alpha value is -4.26. The quantitative estimate of drug-likeness (QED) is 0.287. The van der Waals surface area contributed by atoms with Gasteiger partial charge in [-0.25, -0.2) is 0 Å². The van der Waals surface area contributed by atoms with E-state index in [2.05, 4.69) is 0 Å². The molecule has 1 fully saturated rings. The molecule has 1 saturated heterocycles. The zero-order chi connectivity index (χ0) is 26.2. The van der Waals surface area contributed by atoms with Gasteiger partial charge in [-0.1, -0.05) is 39.0 Å². The fraction of sp³-hybridized carbons (Fsp3) is 0.241. The number of aliphatic hydroxyl groups is 1. The van der Waals surface area contributed by atoms with Crippen LogP contribution >= 0.6 is 0 Å². The first-order valence-corrected chi connectivity index (χ1v) is 11.5. The molecule has 2 N–H and O–H groups in total. The highest BCUT2D eigenvalue weighted by molar-refractivity contribution is 6.51. The minimum atomic E-state index is -0.968. The van der Waals surface area contributed by atoms with Crippen LogP contribution in [0, 0.1) is 0 Å². The standard InChI is InChI=1S/C29H29NO6/c1-29(2,3)22-15-18(12-13-23(22)36-5)26(32)24-25(17-8-6-10-20(31)14-17)30(28(34)27(24)33)19-9-7-11-21(16-19)35-4/h6-16,25,31-32H,1-5H3/b26-24-. The second-order valence-electron chi connectivity index (χ2n) is 9.63. The molecule has 3 aromatic carbocycles. The molecule has 1 amide bonds. The van der Waals surface area contributed by atoms with Crippen LogP contribution < -0.4 is 14.4 Å². The highest BCUT2D eigenvalue weighted by Gasteiger charge is 2.47. The Morgan fingerprint density at radius 3 is 2.28 bits per heavy atom. The van der Waals surface area contributed by atoms with Gasteiger partial charge in [0.05, 0.1) is 25.8 Å². The third-order valence-corrected chi connectivity index (χ3v) is 6.24. The van der Waals surface area contributed by atoms with E-state index in [1.54, 1.807) is 61.7 Å². The summed E-state index contributed by atoms with van der Waals surface area (Å²) in [6.07, 6.45) is 0. The molecule has 186 valence electrons. The number of benzene rings is 3. The summed E-state index contributed by atoms with van der Waals surface area (Å²) >= 11 is 0. The van der Waals surface area contributed by atoms with Crippen molar-refractivity contribution in [2.75, 3.05) is 19.1 Å². The van der Waals surface area contributed by atoms with Crippen LogP contribution in [0.5, 0.6) is 17.2 Å². The molecule has 1 unspecified atom stereocenters. The molecule has 36 heavy (non-hydrogen) atoms. The number of Topliss-reactive ketones (excluding diaryl/α,β-unsaturated/α-hetero) is 1. The molecule has 4 rings (SSSR count). The van der Waals surface area contributed by atoms with Crippen LogP contribution in [0.2, 0.25) is 0 Å². The van der Waals surface area contributed by atoms with Crippen molar-refractivity contribution in [2.24, 2.45) is 0 Å². The van der Waals surface area contributed by atoms with E-state index in [1.165, 1.54) is 24.1 Å². The summed E-state index contributed by atoms with van der Waals surface area (Å²) in [4.78, 5) is 28.1. The van der Waals surface area contributed by atoms with E-state index in [4.69, 9.17) is 9.47 Å². The number of methoxy groups -OCH3 is 2. The Morgan fingerprint density at radius 1 is 0.917 bits per heavy atom. The maximum absolute atomic E-state index is 13.4. The second kappa shape index (κ2) is 9.41. The number of phenolic OH excluding ortho intramolecular Hbond substituents is 1. The molecule has 0 radical (unpaired) electrons. The Labute approximate surface area is 210 Å². The van der Waals surface area contributed by atoms with Crippen molar-refractivity contribution in [3.05, 3.63) is 89.0 Å². The SMILES string of the molecule is COc1cccc(N2C(=O)C(=O)/C(=C(\O)c3ccc(OC)c(C(C)(C)C)c3)C2c2cccc(O)c2)c1. The first-order valence-electron chi connectivity index (χ1n) is 11.5. The Kier molecular flexibility index (Phi) is 6.50. The Bertz CT molecular complexity index is 1370. The minimum Gasteiger partial charge on any atom is -0.508 e. The van der Waals surface area contributed by atoms with Crippen molar-refractivity contribution in [1.82, 2.24) is 0 Å². The van der Waals surface area contributed by atoms with Crippen molar-refractivity contribution >= 4 is 23.1 Å². The average molecular weight is 488 g/mol. The summed E-state index contributed by atoms with van der Waals surface area (Å²) in [6.45, 7) is 6.05. The summed E-state index contributed by atoms with van der Waals surface area (Å²) in [5.74, 6) is -0.780. The van der Waals surface area contributed by atoms with Crippen LogP contribution in [0.3, 0.4) is 0 Å². The zero-order valence-corrected chi connectivity index (χ0v) is 20.9. The monoisotopic (exact) mass is 487 g/mol. The molecule has 1 aliphatic rings. The number of hydrogen-bond donors (Lipinski definition) is 2. The number of carbonyl (C=O) groups excluding carboxylic acids is 2. The van der Waals surface area contributed by atoms with Crippen LogP contribution in [0.4, 0.5) is 5.69 Å². The molecule has 1 heterocycles. The van der Waals surface area contributed by atoms with Gasteiger partial charge < -0.3 is 19.7 Å². The number of phenols is 1. The molecular formula is C29H29NO6. The molecule has 0 aromatic heterocycles. The van der Waals surface area contributed by atoms with Gasteiger partial charge in [-0.2, -0.15) is 0 Å². The summed E-state index contributed by atoms with van der Waals surface area (Å²) in [7, 11) is 3.09. The Morgan fingerprint density at radius 2 is 1.64 bits per heavy atom. The maximum atomic E-state index is 13.4. The summed E-state index contributed by atoms with van der Waals surface area (Å²) in [6, 6.07) is 17.3. The van der Waals surface area contributed by atoms with Gasteiger partial charge in [-0.3, -0.25) is 14.5 Å². The number of aliphatic hydroxyl groups excluding tert-OH is 1. The van der Waals surface area contributed by atoms with Crippen molar-refractivity contribution in [1.29, 1.82) is 0 Å². The first-order chi connectivity index (χ1) is 17.1. The lowest BCUT2D eigenvalue weighted by Crippen LogP contribution is -2.29. The van der Waals surface area contributed by atoms with Crippen molar-refractivity contribution in [3.8, 4) is 17.2 Å². The number of anilines is 1. The van der Waals surface area contributed by atoms with Gasteiger partial charge in [0.25, 0.3) is 11.7 Å². The molecule has 7 heteroatoms. The smallest absolute Gasteiger partial charge is 0.300 e. The number of carbonyl (C=O) groups is 2. The number of amides is 1. The molecule has 0 spiro atoms. The van der Waals surface area contributed by atoms with Gasteiger partial charge in [0.1, 0.15) is 23.0 Å². The Balaban J connectivity index is 1.97. The normalized spacial score (nSPS) is 17.4. The minimum absolute atomic E-state index is 0.0248. The summed E-state index contributed by atoms with van der Waals surface area (Å²) < 4.78 is 10.8. The number of ether oxygens (including phenoxy) is 2. The van der Waals surface area contributed by atoms with Gasteiger partial charge in [-0.15, -0.1) is 0 Å². The van der Waals surface area contributed by atoms with E-state index in [9.17, 15) is 19.8 Å². The fourth-order valence-electron chi connectivity index (χ4n) is 4.47. The van der Waals surface area contributed by atoms with Gasteiger partial charge in [0.2, 0.25) is 0 Å². The number of nitrogens with zero attached hydrogens (tertiary/aromatic N) is 1. The lowest BCUT2D eigenvalue weighted by molar-refractivity contribution is -0.132. The van der Waals surface area contributed by atoms with Gasteiger partial charge in [-0.05, 0) is 53.4 Å². The number of rotatable bonds is 5. The lowest BCUT2D eigenvalue weighted by atomic mass is 9.84. The van der Waals surface area contributed by atoms with Crippen molar-refractivity contribution in [3.63, 3.8) is 0 Å². The van der Waals surface area contributed by atoms with Crippen molar-refractivity contribution in [2.45, 2.75) is 32.2 Å². The number of ketones is 1. The predicted molar refractivity (Wildman–Crippen MR) is 138 cm³/mol. The first kappa shape index (κ1) is 24.9.